The number of piperazine rings is 1. The lowest BCUT2D eigenvalue weighted by Gasteiger charge is -2.36. The summed E-state index contributed by atoms with van der Waals surface area (Å²) in [5.41, 5.74) is 2.96. The lowest BCUT2D eigenvalue weighted by atomic mass is 10.1. The molecule has 0 saturated carbocycles. The number of para-hydroxylation sites is 1. The molecule has 3 rings (SSSR count). The van der Waals surface area contributed by atoms with E-state index in [0.29, 0.717) is 23.8 Å². The number of hydrogen-bond acceptors (Lipinski definition) is 2. The Bertz CT molecular complexity index is 743. The van der Waals surface area contributed by atoms with Crippen LogP contribution in [0.25, 0.3) is 0 Å². The van der Waals surface area contributed by atoms with Crippen LogP contribution >= 0.6 is 23.2 Å². The molecule has 1 heterocycles. The molecule has 1 aliphatic rings. The number of nitrogens with zero attached hydrogens (tertiary/aromatic N) is 2. The van der Waals surface area contributed by atoms with Gasteiger partial charge in [0.2, 0.25) is 0 Å². The van der Waals surface area contributed by atoms with Crippen LogP contribution < -0.4 is 10.2 Å². The Morgan fingerprint density at radius 3 is 2.46 bits per heavy atom. The van der Waals surface area contributed by atoms with Gasteiger partial charge in [-0.05, 0) is 36.8 Å². The number of rotatable bonds is 2. The van der Waals surface area contributed by atoms with E-state index in [9.17, 15) is 4.79 Å². The van der Waals surface area contributed by atoms with Crippen molar-refractivity contribution in [1.29, 1.82) is 0 Å². The van der Waals surface area contributed by atoms with E-state index in [1.165, 1.54) is 5.56 Å². The predicted molar refractivity (Wildman–Crippen MR) is 100 cm³/mol. The minimum atomic E-state index is -0.120. The molecule has 2 amide bonds. The van der Waals surface area contributed by atoms with Crippen molar-refractivity contribution >= 4 is 40.6 Å². The summed E-state index contributed by atoms with van der Waals surface area (Å²) in [6, 6.07) is 13.0. The number of halogens is 2. The molecule has 6 heteroatoms. The maximum absolute atomic E-state index is 12.4. The number of urea groups is 1. The van der Waals surface area contributed by atoms with Gasteiger partial charge in [-0.25, -0.2) is 4.79 Å². The first-order chi connectivity index (χ1) is 11.5. The zero-order chi connectivity index (χ0) is 17.1. The maximum Gasteiger partial charge on any atom is 0.322 e. The highest BCUT2D eigenvalue weighted by molar-refractivity contribution is 6.33. The number of carbonyl (C=O) groups is 1. The lowest BCUT2D eigenvalue weighted by molar-refractivity contribution is 0.208. The number of hydrogen-bond donors (Lipinski definition) is 1. The van der Waals surface area contributed by atoms with Crippen molar-refractivity contribution in [3.8, 4) is 0 Å². The Morgan fingerprint density at radius 1 is 1.04 bits per heavy atom. The minimum Gasteiger partial charge on any atom is -0.368 e. The number of carbonyl (C=O) groups excluding carboxylic acids is 1. The third kappa shape index (κ3) is 3.77. The molecule has 0 spiro atoms. The molecular formula is C18H19Cl2N3O. The molecule has 4 nitrogen and oxygen atoms in total. The van der Waals surface area contributed by atoms with Gasteiger partial charge in [0.15, 0.2) is 0 Å². The summed E-state index contributed by atoms with van der Waals surface area (Å²) in [5.74, 6) is 0. The molecule has 2 aromatic rings. The summed E-state index contributed by atoms with van der Waals surface area (Å²) in [7, 11) is 0. The second-order valence-electron chi connectivity index (χ2n) is 5.81. The first-order valence-corrected chi connectivity index (χ1v) is 8.62. The van der Waals surface area contributed by atoms with Crippen LogP contribution in [-0.4, -0.2) is 37.1 Å². The number of aryl methyl sites for hydroxylation is 1. The fourth-order valence-corrected chi connectivity index (χ4v) is 3.18. The predicted octanol–water partition coefficient (Wildman–Crippen LogP) is 4.66. The second kappa shape index (κ2) is 7.32. The van der Waals surface area contributed by atoms with Gasteiger partial charge in [-0.1, -0.05) is 41.4 Å². The summed E-state index contributed by atoms with van der Waals surface area (Å²) in [6.07, 6.45) is 0. The first-order valence-electron chi connectivity index (χ1n) is 7.86. The van der Waals surface area contributed by atoms with E-state index < -0.39 is 0 Å². The SMILES string of the molecule is Cc1ccc(Cl)cc1N1CCN(C(=O)Nc2ccccc2Cl)CC1. The Labute approximate surface area is 152 Å². The van der Waals surface area contributed by atoms with Crippen molar-refractivity contribution in [3.05, 3.63) is 58.1 Å². The van der Waals surface area contributed by atoms with Crippen molar-refractivity contribution < 1.29 is 4.79 Å². The largest absolute Gasteiger partial charge is 0.368 e. The zero-order valence-electron chi connectivity index (χ0n) is 13.4. The molecule has 1 saturated heterocycles. The molecule has 0 radical (unpaired) electrons. The fraction of sp³-hybridized carbons (Fsp3) is 0.278. The third-order valence-corrected chi connectivity index (χ3v) is 4.76. The molecule has 0 bridgehead atoms. The summed E-state index contributed by atoms with van der Waals surface area (Å²) in [4.78, 5) is 16.5. The highest BCUT2D eigenvalue weighted by atomic mass is 35.5. The van der Waals surface area contributed by atoms with E-state index >= 15 is 0 Å². The monoisotopic (exact) mass is 363 g/mol. The molecule has 126 valence electrons. The molecule has 0 unspecified atom stereocenters. The first kappa shape index (κ1) is 16.9. The standard InChI is InChI=1S/C18H19Cl2N3O/c1-13-6-7-14(19)12-17(13)22-8-10-23(11-9-22)18(24)21-16-5-3-2-4-15(16)20/h2-7,12H,8-11H2,1H3,(H,21,24). The Balaban J connectivity index is 1.61. The van der Waals surface area contributed by atoms with Crippen LogP contribution in [0.5, 0.6) is 0 Å². The van der Waals surface area contributed by atoms with E-state index in [-0.39, 0.29) is 6.03 Å². The highest BCUT2D eigenvalue weighted by Gasteiger charge is 2.22. The third-order valence-electron chi connectivity index (χ3n) is 4.19. The van der Waals surface area contributed by atoms with Crippen LogP contribution in [0.4, 0.5) is 16.2 Å². The molecule has 1 aliphatic heterocycles. The van der Waals surface area contributed by atoms with Crippen LogP contribution in [0.15, 0.2) is 42.5 Å². The van der Waals surface area contributed by atoms with E-state index in [2.05, 4.69) is 17.1 Å². The molecular weight excluding hydrogens is 345 g/mol. The van der Waals surface area contributed by atoms with Crippen molar-refractivity contribution in [2.75, 3.05) is 36.4 Å². The van der Waals surface area contributed by atoms with Crippen LogP contribution in [0.2, 0.25) is 10.0 Å². The van der Waals surface area contributed by atoms with Gasteiger partial charge in [0.1, 0.15) is 0 Å². The van der Waals surface area contributed by atoms with Gasteiger partial charge in [-0.15, -0.1) is 0 Å². The molecule has 24 heavy (non-hydrogen) atoms. The van der Waals surface area contributed by atoms with Gasteiger partial charge < -0.3 is 15.1 Å². The van der Waals surface area contributed by atoms with Gasteiger partial charge >= 0.3 is 6.03 Å². The van der Waals surface area contributed by atoms with E-state index in [1.54, 1.807) is 17.0 Å². The second-order valence-corrected chi connectivity index (χ2v) is 6.66. The molecule has 1 fully saturated rings. The number of amides is 2. The van der Waals surface area contributed by atoms with Gasteiger partial charge in [0, 0.05) is 36.9 Å². The van der Waals surface area contributed by atoms with E-state index in [0.717, 1.165) is 23.8 Å². The summed E-state index contributed by atoms with van der Waals surface area (Å²) in [5, 5.41) is 4.14. The van der Waals surface area contributed by atoms with Crippen molar-refractivity contribution in [2.45, 2.75) is 6.92 Å². The minimum absolute atomic E-state index is 0.120. The van der Waals surface area contributed by atoms with Gasteiger partial charge in [0.25, 0.3) is 0 Å². The van der Waals surface area contributed by atoms with Crippen LogP contribution in [0.1, 0.15) is 5.56 Å². The topological polar surface area (TPSA) is 35.6 Å². The van der Waals surface area contributed by atoms with Crippen molar-refractivity contribution in [3.63, 3.8) is 0 Å². The normalized spacial score (nSPS) is 14.6. The highest BCUT2D eigenvalue weighted by Crippen LogP contribution is 2.26. The Hall–Kier alpha value is -1.91. The van der Waals surface area contributed by atoms with E-state index in [4.69, 9.17) is 23.2 Å². The molecule has 1 N–H and O–H groups in total. The Kier molecular flexibility index (Phi) is 5.17. The number of benzene rings is 2. The van der Waals surface area contributed by atoms with Crippen LogP contribution in [0, 0.1) is 6.92 Å². The quantitative estimate of drug-likeness (QED) is 0.842. The average Bonchev–Trinajstić information content (AvgIpc) is 2.59. The van der Waals surface area contributed by atoms with E-state index in [1.807, 2.05) is 30.3 Å². The average molecular weight is 364 g/mol. The summed E-state index contributed by atoms with van der Waals surface area (Å²) >= 11 is 12.2. The van der Waals surface area contributed by atoms with Crippen molar-refractivity contribution in [1.82, 2.24) is 4.90 Å². The maximum atomic E-state index is 12.4. The molecule has 0 atom stereocenters. The molecule has 0 aliphatic carbocycles. The fourth-order valence-electron chi connectivity index (χ4n) is 2.83. The Morgan fingerprint density at radius 2 is 1.75 bits per heavy atom. The lowest BCUT2D eigenvalue weighted by Crippen LogP contribution is -2.50. The van der Waals surface area contributed by atoms with Gasteiger partial charge in [0.05, 0.1) is 10.7 Å². The van der Waals surface area contributed by atoms with Gasteiger partial charge in [-0.3, -0.25) is 0 Å². The van der Waals surface area contributed by atoms with Crippen molar-refractivity contribution in [2.24, 2.45) is 0 Å². The summed E-state index contributed by atoms with van der Waals surface area (Å²) < 4.78 is 0. The van der Waals surface area contributed by atoms with Crippen LogP contribution in [0.3, 0.4) is 0 Å². The van der Waals surface area contributed by atoms with Gasteiger partial charge in [-0.2, -0.15) is 0 Å². The molecule has 0 aromatic heterocycles. The number of nitrogens with one attached hydrogen (secondary N) is 1. The zero-order valence-corrected chi connectivity index (χ0v) is 14.9. The van der Waals surface area contributed by atoms with Crippen LogP contribution in [-0.2, 0) is 0 Å². The summed E-state index contributed by atoms with van der Waals surface area (Å²) in [6.45, 7) is 4.93. The number of anilines is 2. The molecule has 2 aromatic carbocycles. The smallest absolute Gasteiger partial charge is 0.322 e.